The van der Waals surface area contributed by atoms with E-state index in [9.17, 15) is 49.5 Å². The number of carbonyl (C=O) groups is 1. The summed E-state index contributed by atoms with van der Waals surface area (Å²) in [4.78, 5) is 62.8. The van der Waals surface area contributed by atoms with Gasteiger partial charge in [-0.25, -0.2) is 24.3 Å². The Labute approximate surface area is 374 Å². The Morgan fingerprint density at radius 1 is 1.09 bits per heavy atom. The molecule has 23 nitrogen and oxygen atoms in total. The highest BCUT2D eigenvalue weighted by molar-refractivity contribution is 9.11. The van der Waals surface area contributed by atoms with E-state index in [0.29, 0.717) is 21.9 Å². The smallest absolute Gasteiger partial charge is 0.459 e. The molecule has 0 spiro atoms. The first-order valence-electron chi connectivity index (χ1n) is 19.1. The number of carbonyl (C=O) groups excluding carboxylic acids is 1. The number of halogens is 1. The Kier molecular flexibility index (Phi) is 16.3. The number of thioether (sulfide) groups is 1. The van der Waals surface area contributed by atoms with Crippen LogP contribution in [0.15, 0.2) is 93.0 Å². The predicted octanol–water partition coefficient (Wildman–Crippen LogP) is 2.54. The maximum absolute atomic E-state index is 13.4. The summed E-state index contributed by atoms with van der Waals surface area (Å²) in [7, 11) is -2.95. The number of esters is 1. The Morgan fingerprint density at radius 3 is 2.48 bits per heavy atom. The van der Waals surface area contributed by atoms with Crippen LogP contribution in [0, 0.1) is 10.1 Å². The van der Waals surface area contributed by atoms with Crippen LogP contribution in [0.5, 0.6) is 5.75 Å². The van der Waals surface area contributed by atoms with Crippen molar-refractivity contribution in [2.75, 3.05) is 20.3 Å². The number of hydrogen-bond donors (Lipinski definition) is 6. The fourth-order valence-electron chi connectivity index (χ4n) is 6.38. The number of fused-ring (bicyclic) bond motifs is 1. The van der Waals surface area contributed by atoms with Crippen LogP contribution in [0.4, 0.5) is 5.69 Å². The molecule has 26 heteroatoms. The van der Waals surface area contributed by atoms with E-state index in [0.717, 1.165) is 10.1 Å². The van der Waals surface area contributed by atoms with Crippen molar-refractivity contribution in [3.05, 3.63) is 121 Å². The molecule has 342 valence electrons. The second-order valence-corrected chi connectivity index (χ2v) is 17.2. The van der Waals surface area contributed by atoms with E-state index in [-0.39, 0.29) is 23.4 Å². The van der Waals surface area contributed by atoms with Crippen molar-refractivity contribution in [1.29, 1.82) is 0 Å². The van der Waals surface area contributed by atoms with Gasteiger partial charge in [0.25, 0.3) is 11.2 Å². The molecule has 5 aromatic rings. The lowest BCUT2D eigenvalue weighted by atomic mass is 10.1. The van der Waals surface area contributed by atoms with Crippen molar-refractivity contribution in [2.24, 2.45) is 0 Å². The molecule has 5 heterocycles. The third kappa shape index (κ3) is 11.5. The third-order valence-corrected chi connectivity index (χ3v) is 12.6. The number of imidazole rings is 1. The number of ether oxygens (including phenoxy) is 3. The summed E-state index contributed by atoms with van der Waals surface area (Å²) < 4.78 is 43.1. The molecule has 0 bridgehead atoms. The molecular formula is C38H42BrN8O15PS. The minimum absolute atomic E-state index is 0.00722. The van der Waals surface area contributed by atoms with Gasteiger partial charge in [-0.2, -0.15) is 5.09 Å². The van der Waals surface area contributed by atoms with E-state index < -0.39 is 92.1 Å². The number of nitro groups is 1. The van der Waals surface area contributed by atoms with Gasteiger partial charge in [-0.1, -0.05) is 58.0 Å². The van der Waals surface area contributed by atoms with Gasteiger partial charge in [0.05, 0.1) is 43.2 Å². The number of para-hydroxylation sites is 1. The zero-order valence-corrected chi connectivity index (χ0v) is 37.0. The maximum Gasteiger partial charge on any atom is 0.459 e. The Balaban J connectivity index is 0.000000216. The van der Waals surface area contributed by atoms with Gasteiger partial charge >= 0.3 is 19.4 Å². The maximum atomic E-state index is 13.4. The number of nitro benzene ring substituents is 1. The number of methoxy groups -OCH3 is 1. The molecule has 2 aliphatic rings. The molecule has 64 heavy (non-hydrogen) atoms. The van der Waals surface area contributed by atoms with Gasteiger partial charge in [-0.3, -0.25) is 38.3 Å². The predicted molar refractivity (Wildman–Crippen MR) is 230 cm³/mol. The van der Waals surface area contributed by atoms with Gasteiger partial charge in [-0.15, -0.1) is 0 Å². The summed E-state index contributed by atoms with van der Waals surface area (Å²) in [6.07, 6.45) is -1.72. The quantitative estimate of drug-likeness (QED) is 0.0207. The minimum atomic E-state index is -4.14. The summed E-state index contributed by atoms with van der Waals surface area (Å²) in [6.45, 7) is 0.607. The SMILES string of the molecule is COC(=O)[C@H](C)NP(=O)(OC[C@H]1O[C@@H](n2cc(/C=C/Br)c(=O)[nH]c2=O)C[C@@H]1O)Oc1ccccc1.O=[N+]([O-])c1ccc(CSc2ncnc3c2ncn3[C@@H]2O[C@H](CO)[C@@H](O)[C@H]2O)cc1. The number of non-ortho nitro benzene ring substituents is 1. The number of rotatable bonds is 16. The highest BCUT2D eigenvalue weighted by Gasteiger charge is 2.44. The van der Waals surface area contributed by atoms with E-state index in [4.69, 9.17) is 18.5 Å². The van der Waals surface area contributed by atoms with Gasteiger partial charge in [0.2, 0.25) is 0 Å². The highest BCUT2D eigenvalue weighted by Crippen LogP contribution is 2.46. The van der Waals surface area contributed by atoms with Crippen LogP contribution in [-0.4, -0.2) is 117 Å². The number of aromatic amines is 1. The lowest BCUT2D eigenvalue weighted by Gasteiger charge is -2.24. The van der Waals surface area contributed by atoms with Crippen LogP contribution in [0.3, 0.4) is 0 Å². The van der Waals surface area contributed by atoms with Crippen molar-refractivity contribution in [2.45, 2.75) is 73.1 Å². The van der Waals surface area contributed by atoms with Gasteiger partial charge in [0, 0.05) is 30.5 Å². The Hall–Kier alpha value is -5.18. The molecule has 2 fully saturated rings. The third-order valence-electron chi connectivity index (χ3n) is 9.68. The van der Waals surface area contributed by atoms with Crippen molar-refractivity contribution in [1.82, 2.24) is 34.2 Å². The minimum Gasteiger partial charge on any atom is -0.468 e. The summed E-state index contributed by atoms with van der Waals surface area (Å²) in [6, 6.07) is 13.4. The normalized spacial score (nSPS) is 23.3. The molecule has 6 N–H and O–H groups in total. The molecule has 7 rings (SSSR count). The molecule has 0 amide bonds. The van der Waals surface area contributed by atoms with E-state index >= 15 is 0 Å². The summed E-state index contributed by atoms with van der Waals surface area (Å²) in [5.41, 5.74) is 0.729. The van der Waals surface area contributed by atoms with Crippen LogP contribution < -0.4 is 20.9 Å². The molecule has 2 saturated heterocycles. The average molecular weight is 994 g/mol. The number of H-pyrrole nitrogens is 1. The largest absolute Gasteiger partial charge is 0.468 e. The Bertz CT molecular complexity index is 2600. The molecular weight excluding hydrogens is 951 g/mol. The second kappa shape index (κ2) is 21.7. The molecule has 2 aliphatic heterocycles. The van der Waals surface area contributed by atoms with Crippen LogP contribution in [-0.2, 0) is 33.8 Å². The molecule has 9 atom stereocenters. The number of nitrogens with zero attached hydrogens (tertiary/aromatic N) is 6. The number of aliphatic hydroxyl groups is 4. The number of aromatic nitrogens is 6. The molecule has 0 saturated carbocycles. The van der Waals surface area contributed by atoms with Gasteiger partial charge in [0.15, 0.2) is 11.9 Å². The van der Waals surface area contributed by atoms with E-state index in [2.05, 4.69) is 45.7 Å². The van der Waals surface area contributed by atoms with Crippen molar-refractivity contribution < 1.29 is 58.0 Å². The van der Waals surface area contributed by atoms with Gasteiger partial charge in [0.1, 0.15) is 59.3 Å². The van der Waals surface area contributed by atoms with Crippen LogP contribution in [0.2, 0.25) is 0 Å². The monoisotopic (exact) mass is 992 g/mol. The van der Waals surface area contributed by atoms with Crippen LogP contribution in [0.1, 0.15) is 36.9 Å². The van der Waals surface area contributed by atoms with Crippen molar-refractivity contribution >= 4 is 64.3 Å². The van der Waals surface area contributed by atoms with Gasteiger partial charge < -0.3 is 39.2 Å². The highest BCUT2D eigenvalue weighted by atomic mass is 79.9. The topological polar surface area (TPSA) is 315 Å². The van der Waals surface area contributed by atoms with E-state index in [1.54, 1.807) is 42.5 Å². The second-order valence-electron chi connectivity index (χ2n) is 14.0. The fourth-order valence-corrected chi connectivity index (χ4v) is 9.07. The zero-order chi connectivity index (χ0) is 46.1. The summed E-state index contributed by atoms with van der Waals surface area (Å²) >= 11 is 4.47. The Morgan fingerprint density at radius 2 is 1.83 bits per heavy atom. The number of hydrogen-bond acceptors (Lipinski definition) is 19. The summed E-state index contributed by atoms with van der Waals surface area (Å²) in [5, 5.41) is 53.8. The van der Waals surface area contributed by atoms with Crippen LogP contribution in [0.25, 0.3) is 17.2 Å². The first kappa shape index (κ1) is 48.3. The molecule has 3 aromatic heterocycles. The standard InChI is InChI=1S/C21H25BrN3O9P.C17H17N5O6S/c1-13(20(28)31-2)24-35(30,34-15-6-4-3-5-7-15)32-12-17-16(26)10-18(33-17)25-11-14(8-9-22)19(27)23-21(25)29;23-5-11-13(24)14(25)17(28-11)21-8-20-12-15(21)18-7-19-16(12)29-6-9-1-3-10(4-2-9)22(26)27/h3-9,11,13,16-18,26H,10,12H2,1-2H3,(H,24,30)(H,23,27,29);1-4,7-8,11,13-14,17,23-25H,5-6H2/b9-8+;/t13-,16-,17+,18+,35?;11-,13-,14-,17-/m01/s1. The summed E-state index contributed by atoms with van der Waals surface area (Å²) in [5.74, 6) is 0.0528. The van der Waals surface area contributed by atoms with Crippen molar-refractivity contribution in [3.63, 3.8) is 0 Å². The average Bonchev–Trinajstić information content (AvgIpc) is 3.97. The molecule has 2 aromatic carbocycles. The first-order valence-corrected chi connectivity index (χ1v) is 22.6. The number of benzene rings is 2. The van der Waals surface area contributed by atoms with Gasteiger partial charge in [-0.05, 0) is 35.7 Å². The molecule has 0 radical (unpaired) electrons. The number of nitrogens with one attached hydrogen (secondary N) is 2. The zero-order valence-electron chi connectivity index (χ0n) is 33.7. The molecule has 1 unspecified atom stereocenters. The van der Waals surface area contributed by atoms with E-state index in [1.807, 2.05) is 0 Å². The lowest BCUT2D eigenvalue weighted by Crippen LogP contribution is -2.36. The number of aliphatic hydroxyl groups excluding tert-OH is 4. The fraction of sp³-hybridized carbons (Fsp3) is 0.368. The van der Waals surface area contributed by atoms with E-state index in [1.165, 1.54) is 72.4 Å². The molecule has 0 aliphatic carbocycles. The lowest BCUT2D eigenvalue weighted by molar-refractivity contribution is -0.384. The van der Waals surface area contributed by atoms with Crippen LogP contribution >= 0.6 is 35.4 Å². The van der Waals surface area contributed by atoms with Crippen molar-refractivity contribution in [3.8, 4) is 5.75 Å². The first-order chi connectivity index (χ1) is 30.6.